The minimum absolute atomic E-state index is 0.351. The zero-order valence-corrected chi connectivity index (χ0v) is 12.0. The number of rotatable bonds is 3. The van der Waals surface area contributed by atoms with Gasteiger partial charge in [0.15, 0.2) is 0 Å². The molecule has 0 aliphatic rings. The number of benzene rings is 1. The SMILES string of the molecule is CCc1ccccc1NC(=O)C(=O)Nc1ccc(C)cn1. The van der Waals surface area contributed by atoms with Crippen LogP contribution in [-0.2, 0) is 16.0 Å². The number of nitrogens with zero attached hydrogens (tertiary/aromatic N) is 1. The second kappa shape index (κ2) is 6.65. The average Bonchev–Trinajstić information content (AvgIpc) is 2.50. The third-order valence-electron chi connectivity index (χ3n) is 3.01. The van der Waals surface area contributed by atoms with Crippen molar-refractivity contribution in [2.45, 2.75) is 20.3 Å². The second-order valence-electron chi connectivity index (χ2n) is 4.64. The van der Waals surface area contributed by atoms with Gasteiger partial charge < -0.3 is 10.6 Å². The van der Waals surface area contributed by atoms with Crippen LogP contribution >= 0.6 is 0 Å². The van der Waals surface area contributed by atoms with Gasteiger partial charge in [0.2, 0.25) is 0 Å². The molecule has 2 aromatic rings. The summed E-state index contributed by atoms with van der Waals surface area (Å²) in [6.07, 6.45) is 2.40. The Bertz CT molecular complexity index is 651. The lowest BCUT2D eigenvalue weighted by atomic mass is 10.1. The van der Waals surface area contributed by atoms with Crippen molar-refractivity contribution in [2.75, 3.05) is 10.6 Å². The molecule has 0 aliphatic heterocycles. The second-order valence-corrected chi connectivity index (χ2v) is 4.64. The van der Waals surface area contributed by atoms with Crippen molar-refractivity contribution in [1.82, 2.24) is 4.98 Å². The Balaban J connectivity index is 2.02. The highest BCUT2D eigenvalue weighted by molar-refractivity contribution is 6.43. The Kier molecular flexibility index (Phi) is 4.66. The molecule has 0 atom stereocenters. The lowest BCUT2D eigenvalue weighted by Crippen LogP contribution is -2.29. The van der Waals surface area contributed by atoms with Crippen LogP contribution in [-0.4, -0.2) is 16.8 Å². The van der Waals surface area contributed by atoms with Crippen LogP contribution in [0.25, 0.3) is 0 Å². The normalized spacial score (nSPS) is 10.0. The van der Waals surface area contributed by atoms with Gasteiger partial charge in [-0.15, -0.1) is 0 Å². The van der Waals surface area contributed by atoms with Crippen LogP contribution in [0.15, 0.2) is 42.6 Å². The van der Waals surface area contributed by atoms with Gasteiger partial charge in [0.1, 0.15) is 5.82 Å². The first kappa shape index (κ1) is 14.7. The van der Waals surface area contributed by atoms with E-state index in [4.69, 9.17) is 0 Å². The fraction of sp³-hybridized carbons (Fsp3) is 0.188. The van der Waals surface area contributed by atoms with Gasteiger partial charge in [-0.3, -0.25) is 9.59 Å². The molecule has 0 fully saturated rings. The van der Waals surface area contributed by atoms with Crippen molar-refractivity contribution in [3.63, 3.8) is 0 Å². The van der Waals surface area contributed by atoms with Gasteiger partial charge in [-0.1, -0.05) is 31.2 Å². The Morgan fingerprint density at radius 2 is 1.76 bits per heavy atom. The van der Waals surface area contributed by atoms with Gasteiger partial charge >= 0.3 is 11.8 Å². The van der Waals surface area contributed by atoms with Crippen LogP contribution in [0.3, 0.4) is 0 Å². The van der Waals surface area contributed by atoms with E-state index < -0.39 is 11.8 Å². The van der Waals surface area contributed by atoms with Gasteiger partial charge in [0.05, 0.1) is 0 Å². The third kappa shape index (κ3) is 3.89. The first-order valence-electron chi connectivity index (χ1n) is 6.73. The highest BCUT2D eigenvalue weighted by atomic mass is 16.2. The Labute approximate surface area is 123 Å². The van der Waals surface area contributed by atoms with Gasteiger partial charge in [-0.05, 0) is 36.6 Å². The maximum Gasteiger partial charge on any atom is 0.315 e. The maximum absolute atomic E-state index is 11.9. The van der Waals surface area contributed by atoms with Crippen LogP contribution in [0.1, 0.15) is 18.1 Å². The number of hydrogen-bond donors (Lipinski definition) is 2. The summed E-state index contributed by atoms with van der Waals surface area (Å²) in [5.41, 5.74) is 2.61. The molecule has 2 N–H and O–H groups in total. The summed E-state index contributed by atoms with van der Waals surface area (Å²) in [6.45, 7) is 3.88. The Hall–Kier alpha value is -2.69. The molecular weight excluding hydrogens is 266 g/mol. The lowest BCUT2D eigenvalue weighted by Gasteiger charge is -2.09. The molecule has 5 heteroatoms. The van der Waals surface area contributed by atoms with Crippen molar-refractivity contribution < 1.29 is 9.59 Å². The molecule has 21 heavy (non-hydrogen) atoms. The van der Waals surface area contributed by atoms with E-state index in [1.807, 2.05) is 38.1 Å². The molecule has 0 radical (unpaired) electrons. The van der Waals surface area contributed by atoms with E-state index in [1.54, 1.807) is 18.3 Å². The molecule has 1 heterocycles. The molecule has 0 aliphatic carbocycles. The number of amides is 2. The topological polar surface area (TPSA) is 71.1 Å². The third-order valence-corrected chi connectivity index (χ3v) is 3.01. The van der Waals surface area contributed by atoms with E-state index in [-0.39, 0.29) is 0 Å². The van der Waals surface area contributed by atoms with Crippen molar-refractivity contribution in [3.05, 3.63) is 53.7 Å². The van der Waals surface area contributed by atoms with Crippen molar-refractivity contribution in [2.24, 2.45) is 0 Å². The number of pyridine rings is 1. The van der Waals surface area contributed by atoms with Crippen LogP contribution < -0.4 is 10.6 Å². The number of para-hydroxylation sites is 1. The quantitative estimate of drug-likeness (QED) is 0.850. The van der Waals surface area contributed by atoms with Crippen molar-refractivity contribution in [1.29, 1.82) is 0 Å². The van der Waals surface area contributed by atoms with Crippen LogP contribution in [0.2, 0.25) is 0 Å². The monoisotopic (exact) mass is 283 g/mol. The summed E-state index contributed by atoms with van der Waals surface area (Å²) in [4.78, 5) is 27.8. The van der Waals surface area contributed by atoms with E-state index in [2.05, 4.69) is 15.6 Å². The van der Waals surface area contributed by atoms with E-state index >= 15 is 0 Å². The molecule has 2 amide bonds. The predicted molar refractivity (Wildman–Crippen MR) is 82.1 cm³/mol. The average molecular weight is 283 g/mol. The first-order chi connectivity index (χ1) is 10.1. The van der Waals surface area contributed by atoms with E-state index in [0.29, 0.717) is 11.5 Å². The molecule has 108 valence electrons. The predicted octanol–water partition coefficient (Wildman–Crippen LogP) is 2.53. The number of anilines is 2. The van der Waals surface area contributed by atoms with Gasteiger partial charge in [0, 0.05) is 11.9 Å². The molecule has 0 bridgehead atoms. The minimum atomic E-state index is -0.739. The Morgan fingerprint density at radius 1 is 1.05 bits per heavy atom. The summed E-state index contributed by atoms with van der Waals surface area (Å²) < 4.78 is 0. The summed E-state index contributed by atoms with van der Waals surface area (Å²) in [6, 6.07) is 10.9. The molecule has 0 saturated heterocycles. The number of nitrogens with one attached hydrogen (secondary N) is 2. The number of carbonyl (C=O) groups is 2. The van der Waals surface area contributed by atoms with E-state index in [0.717, 1.165) is 17.5 Å². The molecule has 0 unspecified atom stereocenters. The van der Waals surface area contributed by atoms with Crippen LogP contribution in [0, 0.1) is 6.92 Å². The number of hydrogen-bond acceptors (Lipinski definition) is 3. The van der Waals surface area contributed by atoms with Gasteiger partial charge in [-0.2, -0.15) is 0 Å². The van der Waals surface area contributed by atoms with Crippen LogP contribution in [0.5, 0.6) is 0 Å². The number of aryl methyl sites for hydroxylation is 2. The zero-order valence-electron chi connectivity index (χ0n) is 12.0. The lowest BCUT2D eigenvalue weighted by molar-refractivity contribution is -0.133. The molecule has 0 spiro atoms. The Morgan fingerprint density at radius 3 is 2.43 bits per heavy atom. The molecule has 1 aromatic carbocycles. The van der Waals surface area contributed by atoms with Gasteiger partial charge in [0.25, 0.3) is 0 Å². The fourth-order valence-corrected chi connectivity index (χ4v) is 1.84. The fourth-order valence-electron chi connectivity index (χ4n) is 1.84. The van der Waals surface area contributed by atoms with E-state index in [1.165, 1.54) is 0 Å². The summed E-state index contributed by atoms with van der Waals surface area (Å²) in [7, 11) is 0. The molecule has 1 aromatic heterocycles. The molecular formula is C16H17N3O2. The smallest absolute Gasteiger partial charge is 0.315 e. The standard InChI is InChI=1S/C16H17N3O2/c1-3-12-6-4-5-7-13(12)18-15(20)16(21)19-14-9-8-11(2)10-17-14/h4-10H,3H2,1-2H3,(H,18,20)(H,17,19,21). The van der Waals surface area contributed by atoms with Crippen LogP contribution in [0.4, 0.5) is 11.5 Å². The highest BCUT2D eigenvalue weighted by Crippen LogP contribution is 2.15. The number of carbonyl (C=O) groups excluding carboxylic acids is 2. The van der Waals surface area contributed by atoms with Crippen molar-refractivity contribution in [3.8, 4) is 0 Å². The number of aromatic nitrogens is 1. The summed E-state index contributed by atoms with van der Waals surface area (Å²) >= 11 is 0. The van der Waals surface area contributed by atoms with E-state index in [9.17, 15) is 9.59 Å². The molecule has 2 rings (SSSR count). The first-order valence-corrected chi connectivity index (χ1v) is 6.73. The summed E-state index contributed by atoms with van der Waals surface area (Å²) in [5, 5.41) is 5.08. The largest absolute Gasteiger partial charge is 0.318 e. The summed E-state index contributed by atoms with van der Waals surface area (Å²) in [5.74, 6) is -1.10. The highest BCUT2D eigenvalue weighted by Gasteiger charge is 2.15. The van der Waals surface area contributed by atoms with Crippen molar-refractivity contribution >= 4 is 23.3 Å². The zero-order chi connectivity index (χ0) is 15.2. The maximum atomic E-state index is 11.9. The molecule has 5 nitrogen and oxygen atoms in total. The molecule has 0 saturated carbocycles. The van der Waals surface area contributed by atoms with Gasteiger partial charge in [-0.25, -0.2) is 4.98 Å². The minimum Gasteiger partial charge on any atom is -0.318 e.